The Labute approximate surface area is 122 Å². The van der Waals surface area contributed by atoms with Gasteiger partial charge in [0.1, 0.15) is 10.7 Å². The number of sulfonamides is 1. The van der Waals surface area contributed by atoms with Gasteiger partial charge in [0.2, 0.25) is 15.8 Å². The second-order valence-corrected chi connectivity index (χ2v) is 7.22. The highest BCUT2D eigenvalue weighted by Crippen LogP contribution is 2.34. The van der Waals surface area contributed by atoms with Gasteiger partial charge in [0.25, 0.3) is 0 Å². The average molecular weight is 315 g/mol. The van der Waals surface area contributed by atoms with Gasteiger partial charge < -0.3 is 14.3 Å². The summed E-state index contributed by atoms with van der Waals surface area (Å²) < 4.78 is 37.7. The number of carboxylic acids is 1. The lowest BCUT2D eigenvalue weighted by atomic mass is 10.2. The van der Waals surface area contributed by atoms with Gasteiger partial charge in [-0.25, -0.2) is 13.2 Å². The summed E-state index contributed by atoms with van der Waals surface area (Å²) in [5.74, 6) is -1.53. The summed E-state index contributed by atoms with van der Waals surface area (Å²) in [5, 5.41) is 8.93. The van der Waals surface area contributed by atoms with Crippen LogP contribution in [-0.2, 0) is 14.8 Å². The first-order valence-electron chi connectivity index (χ1n) is 6.88. The van der Waals surface area contributed by atoms with Gasteiger partial charge in [0, 0.05) is 12.6 Å². The van der Waals surface area contributed by atoms with Crippen LogP contribution in [0.15, 0.2) is 15.4 Å². The molecule has 21 heavy (non-hydrogen) atoms. The lowest BCUT2D eigenvalue weighted by molar-refractivity contribution is -0.0242. The summed E-state index contributed by atoms with van der Waals surface area (Å²) in [6, 6.07) is 0.929. The van der Waals surface area contributed by atoms with Crippen molar-refractivity contribution < 1.29 is 27.5 Å². The molecule has 2 heterocycles. The van der Waals surface area contributed by atoms with Crippen molar-refractivity contribution in [2.75, 3.05) is 13.2 Å². The van der Waals surface area contributed by atoms with Crippen LogP contribution < -0.4 is 0 Å². The molecule has 1 N–H and O–H groups in total. The SMILES string of the molecule is Cc1oc(C(=O)O)cc1S(=O)(=O)N1CCOC2CCCC21. The Balaban J connectivity index is 1.98. The molecule has 116 valence electrons. The number of hydrogen-bond acceptors (Lipinski definition) is 5. The maximum Gasteiger partial charge on any atom is 0.371 e. The first-order valence-corrected chi connectivity index (χ1v) is 8.32. The zero-order chi connectivity index (χ0) is 15.2. The molecule has 1 saturated heterocycles. The normalized spacial score (nSPS) is 26.7. The molecule has 0 radical (unpaired) electrons. The number of carboxylic acid groups (broad SMARTS) is 1. The Morgan fingerprint density at radius 1 is 1.43 bits per heavy atom. The molecule has 2 unspecified atom stereocenters. The topological polar surface area (TPSA) is 97.0 Å². The van der Waals surface area contributed by atoms with Crippen molar-refractivity contribution in [2.45, 2.75) is 43.2 Å². The highest BCUT2D eigenvalue weighted by atomic mass is 32.2. The molecule has 8 heteroatoms. The van der Waals surface area contributed by atoms with Crippen molar-refractivity contribution in [2.24, 2.45) is 0 Å². The Morgan fingerprint density at radius 2 is 2.19 bits per heavy atom. The minimum atomic E-state index is -3.76. The number of rotatable bonds is 3. The van der Waals surface area contributed by atoms with Crippen molar-refractivity contribution in [1.29, 1.82) is 0 Å². The van der Waals surface area contributed by atoms with E-state index in [-0.39, 0.29) is 35.1 Å². The molecule has 2 aliphatic rings. The van der Waals surface area contributed by atoms with Gasteiger partial charge in [-0.2, -0.15) is 4.31 Å². The first-order chi connectivity index (χ1) is 9.91. The molecule has 2 fully saturated rings. The summed E-state index contributed by atoms with van der Waals surface area (Å²) in [6.45, 7) is 2.12. The zero-order valence-corrected chi connectivity index (χ0v) is 12.4. The maximum absolute atomic E-state index is 12.8. The number of aromatic carboxylic acids is 1. The molecule has 1 aromatic rings. The van der Waals surface area contributed by atoms with Gasteiger partial charge in [0.15, 0.2) is 0 Å². The van der Waals surface area contributed by atoms with Crippen LogP contribution in [-0.4, -0.2) is 49.1 Å². The molecular formula is C13H17NO6S. The number of ether oxygens (including phenoxy) is 1. The third-order valence-electron chi connectivity index (χ3n) is 4.10. The Bertz CT molecular complexity index is 664. The minimum absolute atomic E-state index is 0.0559. The van der Waals surface area contributed by atoms with E-state index < -0.39 is 16.0 Å². The van der Waals surface area contributed by atoms with Crippen molar-refractivity contribution in [3.05, 3.63) is 17.6 Å². The number of hydrogen-bond donors (Lipinski definition) is 1. The van der Waals surface area contributed by atoms with Crippen LogP contribution in [0, 0.1) is 6.92 Å². The van der Waals surface area contributed by atoms with Crippen LogP contribution in [0.4, 0.5) is 0 Å². The monoisotopic (exact) mass is 315 g/mol. The van der Waals surface area contributed by atoms with Gasteiger partial charge in [0.05, 0.1) is 18.8 Å². The molecule has 1 aliphatic heterocycles. The fourth-order valence-corrected chi connectivity index (χ4v) is 4.97. The van der Waals surface area contributed by atoms with Gasteiger partial charge in [-0.05, 0) is 26.2 Å². The van der Waals surface area contributed by atoms with Gasteiger partial charge >= 0.3 is 5.97 Å². The number of furan rings is 1. The van der Waals surface area contributed by atoms with E-state index in [0.717, 1.165) is 25.3 Å². The van der Waals surface area contributed by atoms with Crippen LogP contribution in [0.2, 0.25) is 0 Å². The fraction of sp³-hybridized carbons (Fsp3) is 0.615. The Hall–Kier alpha value is -1.38. The highest BCUT2D eigenvalue weighted by molar-refractivity contribution is 7.89. The van der Waals surface area contributed by atoms with E-state index in [4.69, 9.17) is 14.3 Å². The van der Waals surface area contributed by atoms with E-state index >= 15 is 0 Å². The second-order valence-electron chi connectivity index (χ2n) is 5.36. The lowest BCUT2D eigenvalue weighted by Gasteiger charge is -2.36. The first kappa shape index (κ1) is 14.6. The van der Waals surface area contributed by atoms with Gasteiger partial charge in [-0.3, -0.25) is 0 Å². The molecule has 1 saturated carbocycles. The molecule has 2 atom stereocenters. The summed E-state index contributed by atoms with van der Waals surface area (Å²) in [6.07, 6.45) is 2.51. The van der Waals surface area contributed by atoms with Crippen molar-refractivity contribution in [3.8, 4) is 0 Å². The van der Waals surface area contributed by atoms with E-state index in [1.54, 1.807) is 0 Å². The van der Waals surface area contributed by atoms with Crippen LogP contribution in [0.3, 0.4) is 0 Å². The third-order valence-corrected chi connectivity index (χ3v) is 6.13. The summed E-state index contributed by atoms with van der Waals surface area (Å²) in [4.78, 5) is 10.9. The molecule has 1 aromatic heterocycles. The number of carbonyl (C=O) groups is 1. The number of nitrogens with zero attached hydrogens (tertiary/aromatic N) is 1. The quantitative estimate of drug-likeness (QED) is 0.901. The largest absolute Gasteiger partial charge is 0.475 e. The smallest absolute Gasteiger partial charge is 0.371 e. The van der Waals surface area contributed by atoms with Crippen LogP contribution in [0.25, 0.3) is 0 Å². The fourth-order valence-electron chi connectivity index (χ4n) is 3.14. The average Bonchev–Trinajstić information content (AvgIpc) is 3.04. The standard InChI is InChI=1S/C13H17NO6S/c1-8-12(7-11(20-8)13(15)16)21(17,18)14-5-6-19-10-4-2-3-9(10)14/h7,9-10H,2-6H2,1H3,(H,15,16). The van der Waals surface area contributed by atoms with E-state index in [2.05, 4.69) is 0 Å². The number of morpholine rings is 1. The molecule has 7 nitrogen and oxygen atoms in total. The van der Waals surface area contributed by atoms with Gasteiger partial charge in [-0.1, -0.05) is 0 Å². The predicted molar refractivity (Wildman–Crippen MR) is 71.7 cm³/mol. The number of fused-ring (bicyclic) bond motifs is 1. The zero-order valence-electron chi connectivity index (χ0n) is 11.6. The predicted octanol–water partition coefficient (Wildman–Crippen LogP) is 1.23. The lowest BCUT2D eigenvalue weighted by Crippen LogP contribution is -2.51. The molecule has 0 aromatic carbocycles. The molecule has 1 aliphatic carbocycles. The summed E-state index contributed by atoms with van der Waals surface area (Å²) >= 11 is 0. The Morgan fingerprint density at radius 3 is 2.86 bits per heavy atom. The minimum Gasteiger partial charge on any atom is -0.475 e. The van der Waals surface area contributed by atoms with Crippen molar-refractivity contribution >= 4 is 16.0 Å². The second kappa shape index (κ2) is 5.11. The summed E-state index contributed by atoms with van der Waals surface area (Å²) in [5.41, 5.74) is 0. The highest BCUT2D eigenvalue weighted by Gasteiger charge is 2.43. The van der Waals surface area contributed by atoms with Crippen LogP contribution in [0.1, 0.15) is 35.6 Å². The van der Waals surface area contributed by atoms with Crippen molar-refractivity contribution in [3.63, 3.8) is 0 Å². The van der Waals surface area contributed by atoms with E-state index in [1.165, 1.54) is 11.2 Å². The van der Waals surface area contributed by atoms with Crippen LogP contribution in [0.5, 0.6) is 0 Å². The maximum atomic E-state index is 12.8. The Kier molecular flexibility index (Phi) is 3.54. The molecule has 0 bridgehead atoms. The molecule has 0 spiro atoms. The van der Waals surface area contributed by atoms with Gasteiger partial charge in [-0.15, -0.1) is 0 Å². The third kappa shape index (κ3) is 2.37. The number of aryl methyl sites for hydroxylation is 1. The van der Waals surface area contributed by atoms with E-state index in [0.29, 0.717) is 6.61 Å². The molecule has 3 rings (SSSR count). The van der Waals surface area contributed by atoms with E-state index in [9.17, 15) is 13.2 Å². The molecule has 0 amide bonds. The van der Waals surface area contributed by atoms with Crippen molar-refractivity contribution in [1.82, 2.24) is 4.31 Å². The summed E-state index contributed by atoms with van der Waals surface area (Å²) in [7, 11) is -3.76. The van der Waals surface area contributed by atoms with Crippen LogP contribution >= 0.6 is 0 Å². The molecular weight excluding hydrogens is 298 g/mol. The van der Waals surface area contributed by atoms with E-state index in [1.807, 2.05) is 0 Å².